The van der Waals surface area contributed by atoms with Crippen LogP contribution in [-0.2, 0) is 4.79 Å². The molecule has 3 rings (SSSR count). The SMILES string of the molecule is O=C(CN1CCN(C(=O)c2cc(Br)c[nH]2)CC1)N1CCCC1. The highest BCUT2D eigenvalue weighted by atomic mass is 79.9. The quantitative estimate of drug-likeness (QED) is 0.870. The highest BCUT2D eigenvalue weighted by Crippen LogP contribution is 2.14. The van der Waals surface area contributed by atoms with E-state index in [1.165, 1.54) is 0 Å². The highest BCUT2D eigenvalue weighted by Gasteiger charge is 2.26. The van der Waals surface area contributed by atoms with Crippen LogP contribution in [0, 0.1) is 0 Å². The Balaban J connectivity index is 1.47. The third-order valence-electron chi connectivity index (χ3n) is 4.36. The number of nitrogens with one attached hydrogen (secondary N) is 1. The molecule has 0 saturated carbocycles. The first-order valence-electron chi connectivity index (χ1n) is 7.77. The van der Waals surface area contributed by atoms with Crippen molar-refractivity contribution in [2.24, 2.45) is 0 Å². The van der Waals surface area contributed by atoms with Gasteiger partial charge < -0.3 is 14.8 Å². The van der Waals surface area contributed by atoms with E-state index in [0.717, 1.165) is 43.5 Å². The normalized spacial score (nSPS) is 19.7. The van der Waals surface area contributed by atoms with Gasteiger partial charge in [-0.1, -0.05) is 0 Å². The van der Waals surface area contributed by atoms with Crippen LogP contribution in [0.5, 0.6) is 0 Å². The van der Waals surface area contributed by atoms with Gasteiger partial charge in [-0.15, -0.1) is 0 Å². The highest BCUT2D eigenvalue weighted by molar-refractivity contribution is 9.10. The smallest absolute Gasteiger partial charge is 0.270 e. The maximum atomic E-state index is 12.3. The molecule has 1 aromatic rings. The van der Waals surface area contributed by atoms with E-state index in [4.69, 9.17) is 0 Å². The zero-order chi connectivity index (χ0) is 15.5. The maximum Gasteiger partial charge on any atom is 0.270 e. The van der Waals surface area contributed by atoms with Gasteiger partial charge in [0.25, 0.3) is 5.91 Å². The number of amides is 2. The molecule has 0 atom stereocenters. The molecule has 0 aliphatic carbocycles. The minimum Gasteiger partial charge on any atom is -0.356 e. The summed E-state index contributed by atoms with van der Waals surface area (Å²) in [6.07, 6.45) is 4.01. The topological polar surface area (TPSA) is 59.7 Å². The number of hydrogen-bond donors (Lipinski definition) is 1. The molecule has 2 saturated heterocycles. The van der Waals surface area contributed by atoms with Gasteiger partial charge in [0.2, 0.25) is 5.91 Å². The molecule has 0 unspecified atom stereocenters. The predicted octanol–water partition coefficient (Wildman–Crippen LogP) is 1.16. The first-order valence-corrected chi connectivity index (χ1v) is 8.56. The third kappa shape index (κ3) is 3.52. The zero-order valence-corrected chi connectivity index (χ0v) is 14.1. The Hall–Kier alpha value is -1.34. The van der Waals surface area contributed by atoms with E-state index in [0.29, 0.717) is 25.3 Å². The number of halogens is 1. The number of aromatic nitrogens is 1. The monoisotopic (exact) mass is 368 g/mol. The van der Waals surface area contributed by atoms with Crippen LogP contribution in [-0.4, -0.2) is 77.3 Å². The molecule has 6 nitrogen and oxygen atoms in total. The summed E-state index contributed by atoms with van der Waals surface area (Å²) in [5, 5.41) is 0. The van der Waals surface area contributed by atoms with Gasteiger partial charge in [-0.2, -0.15) is 0 Å². The summed E-state index contributed by atoms with van der Waals surface area (Å²) in [5.41, 5.74) is 0.605. The van der Waals surface area contributed by atoms with E-state index in [-0.39, 0.29) is 11.8 Å². The fourth-order valence-electron chi connectivity index (χ4n) is 3.03. The number of carbonyl (C=O) groups excluding carboxylic acids is 2. The number of aromatic amines is 1. The van der Waals surface area contributed by atoms with E-state index in [1.807, 2.05) is 9.80 Å². The van der Waals surface area contributed by atoms with Gasteiger partial charge in [0.05, 0.1) is 6.54 Å². The van der Waals surface area contributed by atoms with Crippen LogP contribution in [0.2, 0.25) is 0 Å². The minimum absolute atomic E-state index is 0.0243. The molecule has 7 heteroatoms. The van der Waals surface area contributed by atoms with Gasteiger partial charge >= 0.3 is 0 Å². The summed E-state index contributed by atoms with van der Waals surface area (Å²) in [6, 6.07) is 1.80. The molecular formula is C15H21BrN4O2. The van der Waals surface area contributed by atoms with E-state index in [1.54, 1.807) is 12.3 Å². The van der Waals surface area contributed by atoms with E-state index < -0.39 is 0 Å². The molecule has 0 radical (unpaired) electrons. The molecular weight excluding hydrogens is 348 g/mol. The number of nitrogens with zero attached hydrogens (tertiary/aromatic N) is 3. The Morgan fingerprint density at radius 2 is 1.73 bits per heavy atom. The standard InChI is InChI=1S/C15H21BrN4O2/c16-12-9-13(17-10-12)15(22)20-7-5-18(6-8-20)11-14(21)19-3-1-2-4-19/h9-10,17H,1-8,11H2. The summed E-state index contributed by atoms with van der Waals surface area (Å²) >= 11 is 3.34. The third-order valence-corrected chi connectivity index (χ3v) is 4.81. The molecule has 1 N–H and O–H groups in total. The molecule has 2 aliphatic heterocycles. The molecule has 2 aliphatic rings. The summed E-state index contributed by atoms with van der Waals surface area (Å²) in [7, 11) is 0. The lowest BCUT2D eigenvalue weighted by Gasteiger charge is -2.34. The number of H-pyrrole nitrogens is 1. The van der Waals surface area contributed by atoms with Crippen molar-refractivity contribution in [3.8, 4) is 0 Å². The second-order valence-electron chi connectivity index (χ2n) is 5.89. The molecule has 1 aromatic heterocycles. The largest absolute Gasteiger partial charge is 0.356 e. The van der Waals surface area contributed by atoms with Crippen molar-refractivity contribution in [2.75, 3.05) is 45.8 Å². The summed E-state index contributed by atoms with van der Waals surface area (Å²) < 4.78 is 0.880. The fraction of sp³-hybridized carbons (Fsp3) is 0.600. The molecule has 22 heavy (non-hydrogen) atoms. The van der Waals surface area contributed by atoms with Crippen LogP contribution in [0.1, 0.15) is 23.3 Å². The molecule has 2 amide bonds. The van der Waals surface area contributed by atoms with Gasteiger partial charge in [0.15, 0.2) is 0 Å². The lowest BCUT2D eigenvalue weighted by atomic mass is 10.2. The van der Waals surface area contributed by atoms with Gasteiger partial charge in [0, 0.05) is 49.9 Å². The Morgan fingerprint density at radius 3 is 2.32 bits per heavy atom. The van der Waals surface area contributed by atoms with Crippen LogP contribution in [0.3, 0.4) is 0 Å². The van der Waals surface area contributed by atoms with Crippen molar-refractivity contribution in [3.05, 3.63) is 22.4 Å². The molecule has 120 valence electrons. The summed E-state index contributed by atoms with van der Waals surface area (Å²) in [5.74, 6) is 0.252. The summed E-state index contributed by atoms with van der Waals surface area (Å²) in [4.78, 5) is 33.4. The molecule has 0 spiro atoms. The van der Waals surface area contributed by atoms with Gasteiger partial charge in [-0.25, -0.2) is 0 Å². The van der Waals surface area contributed by atoms with Crippen molar-refractivity contribution in [3.63, 3.8) is 0 Å². The van der Waals surface area contributed by atoms with Crippen molar-refractivity contribution in [2.45, 2.75) is 12.8 Å². The fourth-order valence-corrected chi connectivity index (χ4v) is 3.37. The minimum atomic E-state index is 0.0243. The molecule has 0 aromatic carbocycles. The number of rotatable bonds is 3. The van der Waals surface area contributed by atoms with Crippen LogP contribution < -0.4 is 0 Å². The van der Waals surface area contributed by atoms with E-state index in [2.05, 4.69) is 25.8 Å². The number of likely N-dealkylation sites (tertiary alicyclic amines) is 1. The molecule has 0 bridgehead atoms. The van der Waals surface area contributed by atoms with Gasteiger partial charge in [-0.3, -0.25) is 14.5 Å². The second kappa shape index (κ2) is 6.83. The Kier molecular flexibility index (Phi) is 4.83. The maximum absolute atomic E-state index is 12.3. The van der Waals surface area contributed by atoms with Crippen LogP contribution in [0.25, 0.3) is 0 Å². The van der Waals surface area contributed by atoms with Crippen molar-refractivity contribution in [1.29, 1.82) is 0 Å². The van der Waals surface area contributed by atoms with E-state index >= 15 is 0 Å². The Labute approximate surface area is 138 Å². The van der Waals surface area contributed by atoms with Crippen molar-refractivity contribution < 1.29 is 9.59 Å². The van der Waals surface area contributed by atoms with Crippen LogP contribution in [0.4, 0.5) is 0 Å². The number of hydrogen-bond acceptors (Lipinski definition) is 3. The lowest BCUT2D eigenvalue weighted by Crippen LogP contribution is -2.51. The number of carbonyl (C=O) groups is 2. The average Bonchev–Trinajstić information content (AvgIpc) is 3.18. The second-order valence-corrected chi connectivity index (χ2v) is 6.80. The predicted molar refractivity (Wildman–Crippen MR) is 86.7 cm³/mol. The first kappa shape index (κ1) is 15.6. The first-order chi connectivity index (χ1) is 10.6. The Bertz CT molecular complexity index is 545. The summed E-state index contributed by atoms with van der Waals surface area (Å²) in [6.45, 7) is 5.14. The van der Waals surface area contributed by atoms with Gasteiger partial charge in [-0.05, 0) is 34.8 Å². The van der Waals surface area contributed by atoms with Gasteiger partial charge in [0.1, 0.15) is 5.69 Å². The number of piperazine rings is 1. The lowest BCUT2D eigenvalue weighted by molar-refractivity contribution is -0.131. The average molecular weight is 369 g/mol. The molecule has 2 fully saturated rings. The van der Waals surface area contributed by atoms with Crippen LogP contribution in [0.15, 0.2) is 16.7 Å². The van der Waals surface area contributed by atoms with Crippen molar-refractivity contribution in [1.82, 2.24) is 19.7 Å². The van der Waals surface area contributed by atoms with E-state index in [9.17, 15) is 9.59 Å². The van der Waals surface area contributed by atoms with Crippen LogP contribution >= 0.6 is 15.9 Å². The zero-order valence-electron chi connectivity index (χ0n) is 12.6. The van der Waals surface area contributed by atoms with Crippen molar-refractivity contribution >= 4 is 27.7 Å². The molecule has 3 heterocycles. The Morgan fingerprint density at radius 1 is 1.05 bits per heavy atom.